The standard InChI is InChI=1S/C21H20F3N5O2/c22-14-2-4-15(5-3-14)25-18(30)12-28-7-9-29(10-8-28)21(31)13-1-6-16-17(11-13)27-20(26-16)19(23)24/h1-6,11,19H,7-10,12H2,(H,25,30)(H,26,27). The molecular weight excluding hydrogens is 411 g/mol. The molecule has 2 amide bonds. The van der Waals surface area contributed by atoms with E-state index in [1.807, 2.05) is 4.90 Å². The van der Waals surface area contributed by atoms with Gasteiger partial charge in [-0.2, -0.15) is 0 Å². The molecule has 1 aliphatic rings. The number of hydrogen-bond acceptors (Lipinski definition) is 4. The first-order valence-corrected chi connectivity index (χ1v) is 9.74. The molecule has 0 unspecified atom stereocenters. The number of anilines is 1. The highest BCUT2D eigenvalue weighted by atomic mass is 19.3. The number of rotatable bonds is 5. The van der Waals surface area contributed by atoms with Gasteiger partial charge in [-0.1, -0.05) is 0 Å². The van der Waals surface area contributed by atoms with E-state index in [-0.39, 0.29) is 24.2 Å². The Morgan fingerprint density at radius 2 is 1.77 bits per heavy atom. The van der Waals surface area contributed by atoms with E-state index in [9.17, 15) is 22.8 Å². The van der Waals surface area contributed by atoms with Gasteiger partial charge in [-0.3, -0.25) is 14.5 Å². The molecule has 1 aromatic heterocycles. The first kappa shape index (κ1) is 20.9. The van der Waals surface area contributed by atoms with E-state index in [0.29, 0.717) is 48.5 Å². The fourth-order valence-corrected chi connectivity index (χ4v) is 3.49. The molecule has 0 saturated carbocycles. The Labute approximate surface area is 175 Å². The molecule has 1 aliphatic heterocycles. The smallest absolute Gasteiger partial charge is 0.295 e. The van der Waals surface area contributed by atoms with Gasteiger partial charge in [-0.15, -0.1) is 0 Å². The predicted octanol–water partition coefficient (Wildman–Crippen LogP) is 3.04. The topological polar surface area (TPSA) is 81.3 Å². The number of nitrogens with zero attached hydrogens (tertiary/aromatic N) is 3. The van der Waals surface area contributed by atoms with Gasteiger partial charge in [0, 0.05) is 37.4 Å². The van der Waals surface area contributed by atoms with Crippen molar-refractivity contribution in [3.8, 4) is 0 Å². The minimum Gasteiger partial charge on any atom is -0.337 e. The average Bonchev–Trinajstić information content (AvgIpc) is 3.19. The van der Waals surface area contributed by atoms with Gasteiger partial charge in [0.05, 0.1) is 17.6 Å². The van der Waals surface area contributed by atoms with Crippen LogP contribution in [-0.2, 0) is 4.79 Å². The number of halogens is 3. The zero-order chi connectivity index (χ0) is 22.0. The van der Waals surface area contributed by atoms with E-state index in [1.54, 1.807) is 17.0 Å². The summed E-state index contributed by atoms with van der Waals surface area (Å²) in [6, 6.07) is 10.2. The number of aromatic amines is 1. The molecule has 1 fully saturated rings. The van der Waals surface area contributed by atoms with E-state index in [4.69, 9.17) is 0 Å². The molecule has 4 rings (SSSR count). The van der Waals surface area contributed by atoms with E-state index in [2.05, 4.69) is 15.3 Å². The molecular formula is C21H20F3N5O2. The second kappa shape index (κ2) is 8.76. The first-order valence-electron chi connectivity index (χ1n) is 9.74. The normalized spacial score (nSPS) is 14.9. The van der Waals surface area contributed by atoms with Crippen molar-refractivity contribution in [2.24, 2.45) is 0 Å². The first-order chi connectivity index (χ1) is 14.9. The molecule has 0 radical (unpaired) electrons. The van der Waals surface area contributed by atoms with E-state index in [1.165, 1.54) is 30.3 Å². The molecule has 0 spiro atoms. The maximum atomic E-state index is 12.9. The van der Waals surface area contributed by atoms with Crippen LogP contribution < -0.4 is 5.32 Å². The van der Waals surface area contributed by atoms with E-state index >= 15 is 0 Å². The summed E-state index contributed by atoms with van der Waals surface area (Å²) in [5, 5.41) is 2.71. The van der Waals surface area contributed by atoms with E-state index < -0.39 is 12.2 Å². The number of carbonyl (C=O) groups is 2. The highest BCUT2D eigenvalue weighted by molar-refractivity contribution is 5.97. The fourth-order valence-electron chi connectivity index (χ4n) is 3.49. The van der Waals surface area contributed by atoms with Crippen LogP contribution in [0.2, 0.25) is 0 Å². The van der Waals surface area contributed by atoms with Crippen LogP contribution in [0, 0.1) is 5.82 Å². The van der Waals surface area contributed by atoms with Gasteiger partial charge < -0.3 is 15.2 Å². The average molecular weight is 431 g/mol. The minimum atomic E-state index is -2.71. The van der Waals surface area contributed by atoms with Crippen LogP contribution >= 0.6 is 0 Å². The third kappa shape index (κ3) is 4.85. The van der Waals surface area contributed by atoms with Crippen LogP contribution in [0.1, 0.15) is 22.6 Å². The van der Waals surface area contributed by atoms with Crippen LogP contribution in [0.15, 0.2) is 42.5 Å². The van der Waals surface area contributed by atoms with Crippen LogP contribution in [0.25, 0.3) is 11.0 Å². The lowest BCUT2D eigenvalue weighted by molar-refractivity contribution is -0.117. The zero-order valence-electron chi connectivity index (χ0n) is 16.4. The number of alkyl halides is 2. The lowest BCUT2D eigenvalue weighted by Gasteiger charge is -2.34. The minimum absolute atomic E-state index is 0.163. The molecule has 10 heteroatoms. The summed E-state index contributed by atoms with van der Waals surface area (Å²) in [6.07, 6.45) is -2.71. The molecule has 2 aromatic carbocycles. The van der Waals surface area contributed by atoms with Crippen LogP contribution in [0.5, 0.6) is 0 Å². The monoisotopic (exact) mass is 431 g/mol. The van der Waals surface area contributed by atoms with Gasteiger partial charge in [-0.05, 0) is 42.5 Å². The van der Waals surface area contributed by atoms with Gasteiger partial charge in [0.15, 0.2) is 5.82 Å². The Kier molecular flexibility index (Phi) is 5.90. The Morgan fingerprint density at radius 3 is 2.45 bits per heavy atom. The van der Waals surface area contributed by atoms with Crippen molar-refractivity contribution in [2.45, 2.75) is 6.43 Å². The summed E-state index contributed by atoms with van der Waals surface area (Å²) < 4.78 is 38.5. The quantitative estimate of drug-likeness (QED) is 0.651. The van der Waals surface area contributed by atoms with Crippen molar-refractivity contribution in [3.05, 3.63) is 59.7 Å². The third-order valence-electron chi connectivity index (χ3n) is 5.11. The number of H-pyrrole nitrogens is 1. The molecule has 3 aromatic rings. The number of aromatic nitrogens is 2. The largest absolute Gasteiger partial charge is 0.337 e. The Morgan fingerprint density at radius 1 is 1.06 bits per heavy atom. The highest BCUT2D eigenvalue weighted by Gasteiger charge is 2.24. The molecule has 7 nitrogen and oxygen atoms in total. The number of fused-ring (bicyclic) bond motifs is 1. The van der Waals surface area contributed by atoms with Gasteiger partial charge in [0.1, 0.15) is 5.82 Å². The van der Waals surface area contributed by atoms with Crippen molar-refractivity contribution in [1.29, 1.82) is 0 Å². The number of nitrogens with one attached hydrogen (secondary N) is 2. The van der Waals surface area contributed by atoms with Crippen LogP contribution in [0.3, 0.4) is 0 Å². The highest BCUT2D eigenvalue weighted by Crippen LogP contribution is 2.21. The third-order valence-corrected chi connectivity index (χ3v) is 5.11. The van der Waals surface area contributed by atoms with Crippen LogP contribution in [-0.4, -0.2) is 64.3 Å². The Bertz CT molecular complexity index is 1090. The molecule has 31 heavy (non-hydrogen) atoms. The second-order valence-corrected chi connectivity index (χ2v) is 7.28. The number of carbonyl (C=O) groups excluding carboxylic acids is 2. The van der Waals surface area contributed by atoms with Crippen LogP contribution in [0.4, 0.5) is 18.9 Å². The summed E-state index contributed by atoms with van der Waals surface area (Å²) in [7, 11) is 0. The number of amides is 2. The zero-order valence-corrected chi connectivity index (χ0v) is 16.4. The van der Waals surface area contributed by atoms with Crippen molar-refractivity contribution in [1.82, 2.24) is 19.8 Å². The molecule has 1 saturated heterocycles. The summed E-state index contributed by atoms with van der Waals surface area (Å²) in [5.41, 5.74) is 1.67. The molecule has 2 heterocycles. The fraction of sp³-hybridized carbons (Fsp3) is 0.286. The van der Waals surface area contributed by atoms with Gasteiger partial charge in [0.2, 0.25) is 5.91 Å². The predicted molar refractivity (Wildman–Crippen MR) is 108 cm³/mol. The Balaban J connectivity index is 1.31. The summed E-state index contributed by atoms with van der Waals surface area (Å²) in [6.45, 7) is 2.07. The van der Waals surface area contributed by atoms with Crippen molar-refractivity contribution in [2.75, 3.05) is 38.0 Å². The number of imidazole rings is 1. The number of benzene rings is 2. The second-order valence-electron chi connectivity index (χ2n) is 7.28. The summed E-state index contributed by atoms with van der Waals surface area (Å²) in [4.78, 5) is 34.9. The maximum absolute atomic E-state index is 12.9. The number of piperazine rings is 1. The molecule has 0 atom stereocenters. The van der Waals surface area contributed by atoms with Gasteiger partial charge in [-0.25, -0.2) is 18.2 Å². The summed E-state index contributed by atoms with van der Waals surface area (Å²) >= 11 is 0. The summed E-state index contributed by atoms with van der Waals surface area (Å²) in [5.74, 6) is -1.22. The molecule has 2 N–H and O–H groups in total. The lowest BCUT2D eigenvalue weighted by Crippen LogP contribution is -2.50. The van der Waals surface area contributed by atoms with E-state index in [0.717, 1.165) is 0 Å². The lowest BCUT2D eigenvalue weighted by atomic mass is 10.1. The molecule has 162 valence electrons. The van der Waals surface area contributed by atoms with Crippen molar-refractivity contribution >= 4 is 28.5 Å². The van der Waals surface area contributed by atoms with Gasteiger partial charge >= 0.3 is 0 Å². The maximum Gasteiger partial charge on any atom is 0.295 e. The SMILES string of the molecule is O=C(CN1CCN(C(=O)c2ccc3nc(C(F)F)[nH]c3c2)CC1)Nc1ccc(F)cc1. The van der Waals surface area contributed by atoms with Crippen molar-refractivity contribution in [3.63, 3.8) is 0 Å². The molecule has 0 aliphatic carbocycles. The molecule has 0 bridgehead atoms. The van der Waals surface area contributed by atoms with Gasteiger partial charge in [0.25, 0.3) is 12.3 Å². The van der Waals surface area contributed by atoms with Crippen molar-refractivity contribution < 1.29 is 22.8 Å². The number of hydrogen-bond donors (Lipinski definition) is 2. The Hall–Kier alpha value is -3.40.